The Labute approximate surface area is 115 Å². The molecule has 4 nitrogen and oxygen atoms in total. The summed E-state index contributed by atoms with van der Waals surface area (Å²) in [6, 6.07) is 8.14. The van der Waals surface area contributed by atoms with E-state index < -0.39 is 0 Å². The zero-order valence-corrected chi connectivity index (χ0v) is 11.7. The van der Waals surface area contributed by atoms with Gasteiger partial charge >= 0.3 is 0 Å². The van der Waals surface area contributed by atoms with Crippen molar-refractivity contribution >= 4 is 23.1 Å². The summed E-state index contributed by atoms with van der Waals surface area (Å²) in [5.74, 6) is 0.234. The van der Waals surface area contributed by atoms with E-state index >= 15 is 0 Å². The SMILES string of the molecule is Cn1c(O)c(Cc2c[nH]c3ccccc23)n(C)c1=S. The summed E-state index contributed by atoms with van der Waals surface area (Å²) >= 11 is 5.25. The summed E-state index contributed by atoms with van der Waals surface area (Å²) in [4.78, 5) is 3.25. The van der Waals surface area contributed by atoms with Crippen molar-refractivity contribution in [3.8, 4) is 5.88 Å². The highest BCUT2D eigenvalue weighted by molar-refractivity contribution is 7.71. The van der Waals surface area contributed by atoms with Crippen molar-refractivity contribution in [1.29, 1.82) is 0 Å². The first-order chi connectivity index (χ1) is 9.09. The maximum absolute atomic E-state index is 10.1. The Kier molecular flexibility index (Phi) is 2.71. The minimum atomic E-state index is 0.234. The molecule has 1 aromatic carbocycles. The number of nitrogens with one attached hydrogen (secondary N) is 1. The number of para-hydroxylation sites is 1. The van der Waals surface area contributed by atoms with Crippen LogP contribution in [-0.2, 0) is 20.5 Å². The summed E-state index contributed by atoms with van der Waals surface area (Å²) in [6.45, 7) is 0. The second-order valence-electron chi connectivity index (χ2n) is 4.71. The molecule has 0 saturated heterocycles. The molecule has 98 valence electrons. The van der Waals surface area contributed by atoms with Gasteiger partial charge in [-0.25, -0.2) is 0 Å². The molecule has 0 aliphatic rings. The zero-order chi connectivity index (χ0) is 13.6. The molecule has 2 N–H and O–H groups in total. The van der Waals surface area contributed by atoms with Gasteiger partial charge in [-0.1, -0.05) is 18.2 Å². The number of fused-ring (bicyclic) bond motifs is 1. The number of aromatic nitrogens is 3. The highest BCUT2D eigenvalue weighted by atomic mass is 32.1. The minimum absolute atomic E-state index is 0.234. The molecule has 19 heavy (non-hydrogen) atoms. The van der Waals surface area contributed by atoms with Gasteiger partial charge in [-0.15, -0.1) is 0 Å². The van der Waals surface area contributed by atoms with Gasteiger partial charge in [-0.2, -0.15) is 0 Å². The topological polar surface area (TPSA) is 45.9 Å². The average molecular weight is 273 g/mol. The van der Waals surface area contributed by atoms with Gasteiger partial charge in [0.25, 0.3) is 0 Å². The number of rotatable bonds is 2. The first kappa shape index (κ1) is 12.0. The Morgan fingerprint density at radius 2 is 1.95 bits per heavy atom. The van der Waals surface area contributed by atoms with Gasteiger partial charge in [0, 0.05) is 37.6 Å². The van der Waals surface area contributed by atoms with Crippen molar-refractivity contribution in [3.63, 3.8) is 0 Å². The second-order valence-corrected chi connectivity index (χ2v) is 5.07. The standard InChI is InChI=1S/C14H15N3OS/c1-16-12(13(18)17(2)14(16)19)7-9-8-15-11-6-4-3-5-10(9)11/h3-6,8,15,18H,7H2,1-2H3. The molecule has 0 aliphatic carbocycles. The lowest BCUT2D eigenvalue weighted by Gasteiger charge is -2.02. The van der Waals surface area contributed by atoms with E-state index in [4.69, 9.17) is 12.2 Å². The van der Waals surface area contributed by atoms with Crippen LogP contribution >= 0.6 is 12.2 Å². The lowest BCUT2D eigenvalue weighted by molar-refractivity contribution is 0.425. The Bertz CT molecular complexity index is 810. The van der Waals surface area contributed by atoms with Crippen molar-refractivity contribution in [3.05, 3.63) is 46.5 Å². The van der Waals surface area contributed by atoms with Crippen LogP contribution < -0.4 is 0 Å². The summed E-state index contributed by atoms with van der Waals surface area (Å²) in [7, 11) is 3.66. The van der Waals surface area contributed by atoms with E-state index in [1.54, 1.807) is 11.6 Å². The molecular formula is C14H15N3OS. The normalized spacial score (nSPS) is 11.3. The zero-order valence-electron chi connectivity index (χ0n) is 10.8. The number of imidazole rings is 1. The van der Waals surface area contributed by atoms with Crippen LogP contribution in [0.25, 0.3) is 10.9 Å². The molecule has 0 atom stereocenters. The van der Waals surface area contributed by atoms with Crippen molar-refractivity contribution in [2.75, 3.05) is 0 Å². The van der Waals surface area contributed by atoms with Gasteiger partial charge in [0.1, 0.15) is 0 Å². The first-order valence-corrected chi connectivity index (χ1v) is 6.49. The summed E-state index contributed by atoms with van der Waals surface area (Å²) in [5.41, 5.74) is 3.09. The van der Waals surface area contributed by atoms with Crippen LogP contribution in [0, 0.1) is 4.77 Å². The molecule has 2 aromatic heterocycles. The van der Waals surface area contributed by atoms with Gasteiger partial charge in [0.05, 0.1) is 5.69 Å². The Morgan fingerprint density at radius 1 is 1.21 bits per heavy atom. The maximum atomic E-state index is 10.1. The fraction of sp³-hybridized carbons (Fsp3) is 0.214. The predicted molar refractivity (Wildman–Crippen MR) is 78.0 cm³/mol. The average Bonchev–Trinajstić information content (AvgIpc) is 2.91. The van der Waals surface area contributed by atoms with Crippen LogP contribution in [0.2, 0.25) is 0 Å². The molecule has 3 aromatic rings. The van der Waals surface area contributed by atoms with Crippen molar-refractivity contribution in [1.82, 2.24) is 14.1 Å². The van der Waals surface area contributed by atoms with Crippen LogP contribution in [0.5, 0.6) is 5.88 Å². The number of H-pyrrole nitrogens is 1. The maximum Gasteiger partial charge on any atom is 0.213 e. The van der Waals surface area contributed by atoms with Crippen LogP contribution in [0.4, 0.5) is 0 Å². The van der Waals surface area contributed by atoms with Crippen LogP contribution in [0.3, 0.4) is 0 Å². The minimum Gasteiger partial charge on any atom is -0.493 e. The Hall–Kier alpha value is -2.01. The van der Waals surface area contributed by atoms with Crippen molar-refractivity contribution < 1.29 is 5.11 Å². The second kappa shape index (κ2) is 4.28. The van der Waals surface area contributed by atoms with Gasteiger partial charge in [0.2, 0.25) is 5.88 Å². The number of nitrogens with zero attached hydrogens (tertiary/aromatic N) is 2. The van der Waals surface area contributed by atoms with E-state index in [-0.39, 0.29) is 5.88 Å². The number of hydrogen-bond acceptors (Lipinski definition) is 2. The van der Waals surface area contributed by atoms with Crippen molar-refractivity contribution in [2.45, 2.75) is 6.42 Å². The molecule has 0 fully saturated rings. The van der Waals surface area contributed by atoms with E-state index in [1.807, 2.05) is 36.0 Å². The van der Waals surface area contributed by atoms with E-state index in [0.717, 1.165) is 16.8 Å². The molecule has 3 rings (SSSR count). The molecule has 2 heterocycles. The smallest absolute Gasteiger partial charge is 0.213 e. The van der Waals surface area contributed by atoms with E-state index in [0.29, 0.717) is 11.2 Å². The van der Waals surface area contributed by atoms with Crippen molar-refractivity contribution in [2.24, 2.45) is 14.1 Å². The third-order valence-corrected chi connectivity index (χ3v) is 4.14. The summed E-state index contributed by atoms with van der Waals surface area (Å²) in [6.07, 6.45) is 2.64. The van der Waals surface area contributed by atoms with Gasteiger partial charge in [-0.3, -0.25) is 4.57 Å². The van der Waals surface area contributed by atoms with Gasteiger partial charge < -0.3 is 14.7 Å². The molecule has 0 spiro atoms. The van der Waals surface area contributed by atoms with Crippen LogP contribution in [0.15, 0.2) is 30.5 Å². The molecule has 0 bridgehead atoms. The quantitative estimate of drug-likeness (QED) is 0.705. The van der Waals surface area contributed by atoms with Crippen LogP contribution in [0.1, 0.15) is 11.3 Å². The molecule has 0 unspecified atom stereocenters. The highest BCUT2D eigenvalue weighted by Gasteiger charge is 2.14. The predicted octanol–water partition coefficient (Wildman–Crippen LogP) is 2.87. The highest BCUT2D eigenvalue weighted by Crippen LogP contribution is 2.25. The molecule has 0 amide bonds. The first-order valence-electron chi connectivity index (χ1n) is 6.08. The number of hydrogen-bond donors (Lipinski definition) is 2. The number of aromatic hydroxyl groups is 1. The molecule has 0 radical (unpaired) electrons. The molecule has 5 heteroatoms. The van der Waals surface area contributed by atoms with E-state index in [2.05, 4.69) is 11.1 Å². The third-order valence-electron chi connectivity index (χ3n) is 3.59. The lowest BCUT2D eigenvalue weighted by atomic mass is 10.1. The fourth-order valence-electron chi connectivity index (χ4n) is 2.43. The van der Waals surface area contributed by atoms with Gasteiger partial charge in [-0.05, 0) is 23.8 Å². The largest absolute Gasteiger partial charge is 0.493 e. The van der Waals surface area contributed by atoms with E-state index in [1.165, 1.54) is 5.39 Å². The van der Waals surface area contributed by atoms with Gasteiger partial charge in [0.15, 0.2) is 4.77 Å². The van der Waals surface area contributed by atoms with Crippen LogP contribution in [-0.4, -0.2) is 19.2 Å². The monoisotopic (exact) mass is 273 g/mol. The number of benzene rings is 1. The number of aromatic amines is 1. The molecule has 0 saturated carbocycles. The summed E-state index contributed by atoms with van der Waals surface area (Å²) in [5, 5.41) is 11.3. The molecule has 0 aliphatic heterocycles. The Morgan fingerprint density at radius 3 is 2.63 bits per heavy atom. The fourth-order valence-corrected chi connectivity index (χ4v) is 2.63. The molecular weight excluding hydrogens is 258 g/mol. The lowest BCUT2D eigenvalue weighted by Crippen LogP contribution is -1.97. The van der Waals surface area contributed by atoms with E-state index in [9.17, 15) is 5.11 Å². The Balaban J connectivity index is 2.12. The third kappa shape index (κ3) is 1.77. The summed E-state index contributed by atoms with van der Waals surface area (Å²) < 4.78 is 4.10.